The molecule has 2 N–H and O–H groups in total. The molecule has 1 amide bonds. The Labute approximate surface area is 114 Å². The summed E-state index contributed by atoms with van der Waals surface area (Å²) in [6.07, 6.45) is 0.905. The van der Waals surface area contributed by atoms with Crippen LogP contribution in [-0.2, 0) is 13.0 Å². The summed E-state index contributed by atoms with van der Waals surface area (Å²) in [4.78, 5) is 21.8. The SMILES string of the molecule is Cc1nc(C)c(C(=O)Nc2nc3c(s2)CNCC3)o1. The molecule has 0 atom stereocenters. The molecule has 19 heavy (non-hydrogen) atoms. The van der Waals surface area contributed by atoms with Gasteiger partial charge >= 0.3 is 0 Å². The van der Waals surface area contributed by atoms with E-state index in [1.807, 2.05) is 0 Å². The van der Waals surface area contributed by atoms with E-state index in [1.165, 1.54) is 16.2 Å². The van der Waals surface area contributed by atoms with Gasteiger partial charge < -0.3 is 9.73 Å². The van der Waals surface area contributed by atoms with Crippen LogP contribution in [0.5, 0.6) is 0 Å². The molecule has 0 bridgehead atoms. The van der Waals surface area contributed by atoms with Gasteiger partial charge in [0.25, 0.3) is 5.91 Å². The number of hydrogen-bond acceptors (Lipinski definition) is 6. The number of fused-ring (bicyclic) bond motifs is 1. The lowest BCUT2D eigenvalue weighted by molar-refractivity contribution is 0.0994. The number of carbonyl (C=O) groups excluding carboxylic acids is 1. The fourth-order valence-corrected chi connectivity index (χ4v) is 3.05. The number of rotatable bonds is 2. The lowest BCUT2D eigenvalue weighted by atomic mass is 10.2. The number of amides is 1. The van der Waals surface area contributed by atoms with E-state index in [0.717, 1.165) is 25.2 Å². The van der Waals surface area contributed by atoms with Crippen molar-refractivity contribution in [3.05, 3.63) is 27.9 Å². The summed E-state index contributed by atoms with van der Waals surface area (Å²) < 4.78 is 5.29. The number of thiazole rings is 1. The smallest absolute Gasteiger partial charge is 0.295 e. The third-order valence-electron chi connectivity index (χ3n) is 2.93. The minimum absolute atomic E-state index is 0.254. The summed E-state index contributed by atoms with van der Waals surface area (Å²) in [7, 11) is 0. The van der Waals surface area contributed by atoms with Crippen molar-refractivity contribution >= 4 is 22.4 Å². The van der Waals surface area contributed by atoms with E-state index in [1.54, 1.807) is 13.8 Å². The molecule has 0 saturated heterocycles. The first kappa shape index (κ1) is 12.3. The summed E-state index contributed by atoms with van der Waals surface area (Å²) in [6, 6.07) is 0. The normalized spacial score (nSPS) is 14.2. The molecule has 0 aliphatic carbocycles. The highest BCUT2D eigenvalue weighted by Gasteiger charge is 2.20. The van der Waals surface area contributed by atoms with Crippen LogP contribution >= 0.6 is 11.3 Å². The Morgan fingerprint density at radius 3 is 2.95 bits per heavy atom. The van der Waals surface area contributed by atoms with E-state index in [0.29, 0.717) is 16.7 Å². The monoisotopic (exact) mass is 278 g/mol. The summed E-state index contributed by atoms with van der Waals surface area (Å²) in [5.74, 6) is 0.450. The maximum absolute atomic E-state index is 12.1. The summed E-state index contributed by atoms with van der Waals surface area (Å²) in [6.45, 7) is 5.23. The van der Waals surface area contributed by atoms with E-state index in [-0.39, 0.29) is 11.7 Å². The van der Waals surface area contributed by atoms with Gasteiger partial charge in [0.15, 0.2) is 11.0 Å². The van der Waals surface area contributed by atoms with E-state index < -0.39 is 0 Å². The van der Waals surface area contributed by atoms with Crippen LogP contribution in [0.25, 0.3) is 0 Å². The standard InChI is InChI=1S/C12H14N4O2S/c1-6-10(18-7(2)14-6)11(17)16-12-15-8-3-4-13-5-9(8)19-12/h13H,3-5H2,1-2H3,(H,15,16,17). The van der Waals surface area contributed by atoms with Gasteiger partial charge in [-0.15, -0.1) is 11.3 Å². The van der Waals surface area contributed by atoms with Gasteiger partial charge in [-0.25, -0.2) is 9.97 Å². The number of hydrogen-bond donors (Lipinski definition) is 2. The second-order valence-corrected chi connectivity index (χ2v) is 5.50. The van der Waals surface area contributed by atoms with Gasteiger partial charge in [-0.3, -0.25) is 10.1 Å². The van der Waals surface area contributed by atoms with Crippen LogP contribution in [0.2, 0.25) is 0 Å². The molecule has 3 heterocycles. The zero-order valence-electron chi connectivity index (χ0n) is 10.7. The van der Waals surface area contributed by atoms with Crippen LogP contribution in [0.15, 0.2) is 4.42 Å². The molecular formula is C12H14N4O2S. The number of carbonyl (C=O) groups is 1. The van der Waals surface area contributed by atoms with Gasteiger partial charge in [0, 0.05) is 31.3 Å². The zero-order chi connectivity index (χ0) is 13.4. The fraction of sp³-hybridized carbons (Fsp3) is 0.417. The van der Waals surface area contributed by atoms with Crippen molar-refractivity contribution in [1.29, 1.82) is 0 Å². The van der Waals surface area contributed by atoms with Crippen LogP contribution in [0, 0.1) is 13.8 Å². The van der Waals surface area contributed by atoms with Crippen LogP contribution in [0.1, 0.15) is 32.7 Å². The summed E-state index contributed by atoms with van der Waals surface area (Å²) in [5, 5.41) is 6.68. The number of anilines is 1. The molecule has 0 saturated carbocycles. The number of aromatic nitrogens is 2. The molecule has 2 aromatic rings. The third-order valence-corrected chi connectivity index (χ3v) is 3.95. The molecule has 2 aromatic heterocycles. The lowest BCUT2D eigenvalue weighted by Crippen LogP contribution is -2.22. The van der Waals surface area contributed by atoms with Crippen LogP contribution in [0.4, 0.5) is 5.13 Å². The molecule has 0 aromatic carbocycles. The van der Waals surface area contributed by atoms with Gasteiger partial charge in [0.1, 0.15) is 0 Å². The van der Waals surface area contributed by atoms with Crippen molar-refractivity contribution in [2.24, 2.45) is 0 Å². The molecule has 0 fully saturated rings. The molecule has 1 aliphatic heterocycles. The number of nitrogens with one attached hydrogen (secondary N) is 2. The predicted molar refractivity (Wildman–Crippen MR) is 71.5 cm³/mol. The van der Waals surface area contributed by atoms with Crippen molar-refractivity contribution in [3.63, 3.8) is 0 Å². The first-order valence-corrected chi connectivity index (χ1v) is 6.90. The summed E-state index contributed by atoms with van der Waals surface area (Å²) >= 11 is 1.50. The molecule has 3 rings (SSSR count). The highest BCUT2D eigenvalue weighted by molar-refractivity contribution is 7.15. The molecular weight excluding hydrogens is 264 g/mol. The van der Waals surface area contributed by atoms with Gasteiger partial charge in [-0.2, -0.15) is 0 Å². The van der Waals surface area contributed by atoms with Crippen LogP contribution in [0.3, 0.4) is 0 Å². The Balaban J connectivity index is 1.79. The fourth-order valence-electron chi connectivity index (χ4n) is 2.07. The van der Waals surface area contributed by atoms with Crippen molar-refractivity contribution in [2.45, 2.75) is 26.8 Å². The van der Waals surface area contributed by atoms with Crippen molar-refractivity contribution in [3.8, 4) is 0 Å². The third kappa shape index (κ3) is 2.39. The second-order valence-electron chi connectivity index (χ2n) is 4.42. The maximum atomic E-state index is 12.1. The average molecular weight is 278 g/mol. The van der Waals surface area contributed by atoms with Crippen molar-refractivity contribution < 1.29 is 9.21 Å². The van der Waals surface area contributed by atoms with Gasteiger partial charge in [-0.05, 0) is 6.92 Å². The van der Waals surface area contributed by atoms with Crippen LogP contribution in [-0.4, -0.2) is 22.4 Å². The van der Waals surface area contributed by atoms with Gasteiger partial charge in [0.2, 0.25) is 5.76 Å². The Hall–Kier alpha value is -1.73. The van der Waals surface area contributed by atoms with Gasteiger partial charge in [-0.1, -0.05) is 0 Å². The zero-order valence-corrected chi connectivity index (χ0v) is 11.6. The van der Waals surface area contributed by atoms with E-state index >= 15 is 0 Å². The molecule has 0 spiro atoms. The predicted octanol–water partition coefficient (Wildman–Crippen LogP) is 1.65. The maximum Gasteiger partial charge on any atom is 0.295 e. The van der Waals surface area contributed by atoms with E-state index in [9.17, 15) is 4.79 Å². The number of aryl methyl sites for hydroxylation is 2. The Morgan fingerprint density at radius 2 is 2.26 bits per heavy atom. The Kier molecular flexibility index (Phi) is 3.08. The van der Waals surface area contributed by atoms with Gasteiger partial charge in [0.05, 0.1) is 11.4 Å². The molecule has 0 radical (unpaired) electrons. The summed E-state index contributed by atoms with van der Waals surface area (Å²) in [5.41, 5.74) is 1.67. The van der Waals surface area contributed by atoms with E-state index in [4.69, 9.17) is 4.42 Å². The molecule has 7 heteroatoms. The Bertz CT molecular complexity index is 608. The highest BCUT2D eigenvalue weighted by atomic mass is 32.1. The number of nitrogens with zero attached hydrogens (tertiary/aromatic N) is 2. The Morgan fingerprint density at radius 1 is 1.42 bits per heavy atom. The number of oxazole rings is 1. The first-order valence-electron chi connectivity index (χ1n) is 6.08. The second kappa shape index (κ2) is 4.75. The van der Waals surface area contributed by atoms with Crippen molar-refractivity contribution in [1.82, 2.24) is 15.3 Å². The average Bonchev–Trinajstić information content (AvgIpc) is 2.91. The van der Waals surface area contributed by atoms with Crippen molar-refractivity contribution in [2.75, 3.05) is 11.9 Å². The highest BCUT2D eigenvalue weighted by Crippen LogP contribution is 2.26. The molecule has 6 nitrogen and oxygen atoms in total. The molecule has 1 aliphatic rings. The van der Waals surface area contributed by atoms with Crippen LogP contribution < -0.4 is 10.6 Å². The first-order chi connectivity index (χ1) is 9.13. The molecule has 0 unspecified atom stereocenters. The largest absolute Gasteiger partial charge is 0.436 e. The lowest BCUT2D eigenvalue weighted by Gasteiger charge is -2.09. The topological polar surface area (TPSA) is 80.0 Å². The quantitative estimate of drug-likeness (QED) is 0.873. The minimum atomic E-state index is -0.294. The minimum Gasteiger partial charge on any atom is -0.436 e. The molecule has 100 valence electrons. The van der Waals surface area contributed by atoms with E-state index in [2.05, 4.69) is 20.6 Å².